The molecule has 4 saturated carbocycles. The van der Waals surface area contributed by atoms with Crippen LogP contribution >= 0.6 is 0 Å². The van der Waals surface area contributed by atoms with Crippen LogP contribution in [0.5, 0.6) is 0 Å². The lowest BCUT2D eigenvalue weighted by molar-refractivity contribution is -0.228. The van der Waals surface area contributed by atoms with Crippen molar-refractivity contribution in [1.29, 1.82) is 0 Å². The van der Waals surface area contributed by atoms with E-state index in [1.807, 2.05) is 12.1 Å². The summed E-state index contributed by atoms with van der Waals surface area (Å²) in [5.41, 5.74) is 5.77. The standard InChI is InChI=1S/C42H62N2O2/c1-27(2)31-17-22-42(44(8)30-10-9-25-43-26-30)24-23-40(6)33(36(31)42)15-16-35-39(5)20-18-32(28-11-13-29(14-12-28)37(45)46)38(3,4)34(39)19-21-41(35,40)7/h11-14,18,30-31,33-36,43H,1,9-10,15-17,19-26H2,2-8H3,(H,45,46)/t30?,31-,33+,34-,35+,36+,39-,40+,41+,42-/m0/s1. The lowest BCUT2D eigenvalue weighted by atomic mass is 9.33. The van der Waals surface area contributed by atoms with E-state index >= 15 is 0 Å². The zero-order chi connectivity index (χ0) is 32.9. The first kappa shape index (κ1) is 32.6. The molecule has 0 bridgehead atoms. The Morgan fingerprint density at radius 2 is 1.65 bits per heavy atom. The SMILES string of the molecule is C=C(C)[C@@H]1CC[C@]2(N(C)C3CCCNC3)CC[C@]3(C)[C@H](CC[C@@H]4[C@@]5(C)CC=C(c6ccc(C(=O)O)cc6)C(C)(C)[C@@H]5CC[C@]43C)[C@@H]12. The van der Waals surface area contributed by atoms with Crippen LogP contribution in [0.3, 0.4) is 0 Å². The Hall–Kier alpha value is -1.91. The number of carboxylic acid groups (broad SMARTS) is 1. The minimum Gasteiger partial charge on any atom is -0.478 e. The highest BCUT2D eigenvalue weighted by Gasteiger charge is 2.71. The third kappa shape index (κ3) is 4.40. The number of benzene rings is 1. The highest BCUT2D eigenvalue weighted by atomic mass is 16.4. The number of allylic oxidation sites excluding steroid dienone is 3. The maximum absolute atomic E-state index is 11.5. The van der Waals surface area contributed by atoms with Gasteiger partial charge in [0.1, 0.15) is 0 Å². The summed E-state index contributed by atoms with van der Waals surface area (Å²) in [6, 6.07) is 8.33. The third-order valence-corrected chi connectivity index (χ3v) is 16.6. The van der Waals surface area contributed by atoms with E-state index in [4.69, 9.17) is 0 Å². The van der Waals surface area contributed by atoms with Crippen molar-refractivity contribution >= 4 is 11.5 Å². The molecule has 2 N–H and O–H groups in total. The minimum absolute atomic E-state index is 0.0474. The van der Waals surface area contributed by atoms with E-state index < -0.39 is 5.97 Å². The second-order valence-corrected chi connectivity index (χ2v) is 18.3. The summed E-state index contributed by atoms with van der Waals surface area (Å²) in [5.74, 6) is 2.64. The molecular formula is C42H62N2O2. The average Bonchev–Trinajstić information content (AvgIpc) is 3.42. The molecule has 1 heterocycles. The van der Waals surface area contributed by atoms with Gasteiger partial charge in [0.25, 0.3) is 0 Å². The second-order valence-electron chi connectivity index (χ2n) is 18.3. The fraction of sp³-hybridized carbons (Fsp3) is 0.738. The minimum atomic E-state index is -0.851. The molecular weight excluding hydrogens is 564 g/mol. The molecule has 1 aromatic rings. The molecule has 1 aromatic carbocycles. The van der Waals surface area contributed by atoms with Crippen LogP contribution in [0.2, 0.25) is 0 Å². The van der Waals surface area contributed by atoms with Gasteiger partial charge in [-0.3, -0.25) is 4.90 Å². The number of nitrogens with one attached hydrogen (secondary N) is 1. The maximum atomic E-state index is 11.5. The van der Waals surface area contributed by atoms with Crippen molar-refractivity contribution in [2.24, 2.45) is 51.2 Å². The van der Waals surface area contributed by atoms with Gasteiger partial charge in [-0.05, 0) is 166 Å². The summed E-state index contributed by atoms with van der Waals surface area (Å²) in [5, 5.41) is 13.2. The molecule has 5 fully saturated rings. The summed E-state index contributed by atoms with van der Waals surface area (Å²) in [6.45, 7) is 22.5. The first-order valence-corrected chi connectivity index (χ1v) is 18.8. The number of likely N-dealkylation sites (N-methyl/N-ethyl adjacent to an activating group) is 1. The zero-order valence-electron chi connectivity index (χ0n) is 30.1. The van der Waals surface area contributed by atoms with Crippen molar-refractivity contribution in [2.45, 2.75) is 124 Å². The maximum Gasteiger partial charge on any atom is 0.335 e. The van der Waals surface area contributed by atoms with Gasteiger partial charge >= 0.3 is 5.97 Å². The van der Waals surface area contributed by atoms with Gasteiger partial charge in [-0.15, -0.1) is 0 Å². The molecule has 1 unspecified atom stereocenters. The smallest absolute Gasteiger partial charge is 0.335 e. The molecule has 46 heavy (non-hydrogen) atoms. The van der Waals surface area contributed by atoms with Crippen molar-refractivity contribution in [2.75, 3.05) is 20.1 Å². The summed E-state index contributed by atoms with van der Waals surface area (Å²) in [6.07, 6.45) is 17.1. The van der Waals surface area contributed by atoms with E-state index in [0.29, 0.717) is 39.8 Å². The first-order chi connectivity index (χ1) is 21.7. The van der Waals surface area contributed by atoms with Gasteiger partial charge in [0.15, 0.2) is 0 Å². The van der Waals surface area contributed by atoms with Gasteiger partial charge in [0, 0.05) is 18.1 Å². The van der Waals surface area contributed by atoms with Crippen LogP contribution in [-0.4, -0.2) is 47.7 Å². The van der Waals surface area contributed by atoms with Gasteiger partial charge < -0.3 is 10.4 Å². The zero-order valence-corrected chi connectivity index (χ0v) is 30.1. The van der Waals surface area contributed by atoms with Crippen molar-refractivity contribution in [3.63, 3.8) is 0 Å². The van der Waals surface area contributed by atoms with E-state index in [1.54, 1.807) is 12.1 Å². The van der Waals surface area contributed by atoms with E-state index in [0.717, 1.165) is 30.7 Å². The molecule has 0 amide bonds. The second kappa shape index (κ2) is 11.1. The molecule has 6 aliphatic rings. The quantitative estimate of drug-likeness (QED) is 0.320. The molecule has 252 valence electrons. The van der Waals surface area contributed by atoms with Gasteiger partial charge in [-0.1, -0.05) is 65.0 Å². The van der Waals surface area contributed by atoms with Crippen LogP contribution in [0.25, 0.3) is 5.57 Å². The summed E-state index contributed by atoms with van der Waals surface area (Å²) in [7, 11) is 2.51. The normalized spacial score (nSPS) is 44.7. The predicted octanol–water partition coefficient (Wildman–Crippen LogP) is 9.47. The van der Waals surface area contributed by atoms with Gasteiger partial charge in [-0.2, -0.15) is 0 Å². The summed E-state index contributed by atoms with van der Waals surface area (Å²) >= 11 is 0. The largest absolute Gasteiger partial charge is 0.478 e. The van der Waals surface area contributed by atoms with Crippen molar-refractivity contribution in [3.8, 4) is 0 Å². The van der Waals surface area contributed by atoms with Crippen LogP contribution in [0.4, 0.5) is 0 Å². The van der Waals surface area contributed by atoms with Crippen LogP contribution in [-0.2, 0) is 0 Å². The van der Waals surface area contributed by atoms with Crippen LogP contribution in [0, 0.1) is 51.2 Å². The first-order valence-electron chi connectivity index (χ1n) is 18.8. The predicted molar refractivity (Wildman–Crippen MR) is 190 cm³/mol. The molecule has 7 rings (SSSR count). The number of hydrogen-bond donors (Lipinski definition) is 2. The van der Waals surface area contributed by atoms with Crippen molar-refractivity contribution in [1.82, 2.24) is 10.2 Å². The molecule has 4 nitrogen and oxygen atoms in total. The summed E-state index contributed by atoms with van der Waals surface area (Å²) in [4.78, 5) is 14.5. The number of rotatable bonds is 5. The molecule has 0 aromatic heterocycles. The molecule has 0 radical (unpaired) electrons. The van der Waals surface area contributed by atoms with Crippen LogP contribution < -0.4 is 5.32 Å². The van der Waals surface area contributed by atoms with E-state index in [-0.39, 0.29) is 10.8 Å². The lowest BCUT2D eigenvalue weighted by Crippen LogP contribution is -2.69. The Morgan fingerprint density at radius 1 is 0.913 bits per heavy atom. The van der Waals surface area contributed by atoms with Gasteiger partial charge in [-0.25, -0.2) is 4.79 Å². The van der Waals surface area contributed by atoms with Crippen molar-refractivity contribution < 1.29 is 9.90 Å². The number of aromatic carboxylic acids is 1. The number of carbonyl (C=O) groups is 1. The molecule has 1 saturated heterocycles. The van der Waals surface area contributed by atoms with E-state index in [9.17, 15) is 9.90 Å². The fourth-order valence-electron chi connectivity index (χ4n) is 14.1. The van der Waals surface area contributed by atoms with Gasteiger partial charge in [0.2, 0.25) is 0 Å². The Kier molecular flexibility index (Phi) is 7.84. The number of hydrogen-bond acceptors (Lipinski definition) is 3. The highest BCUT2D eigenvalue weighted by molar-refractivity contribution is 5.88. The molecule has 0 spiro atoms. The van der Waals surface area contributed by atoms with Crippen LogP contribution in [0.1, 0.15) is 128 Å². The molecule has 1 aliphatic heterocycles. The number of nitrogens with zero attached hydrogens (tertiary/aromatic N) is 1. The average molecular weight is 627 g/mol. The number of fused-ring (bicyclic) bond motifs is 7. The Labute approximate surface area is 279 Å². The Bertz CT molecular complexity index is 1400. The van der Waals surface area contributed by atoms with E-state index in [2.05, 4.69) is 71.5 Å². The summed E-state index contributed by atoms with van der Waals surface area (Å²) < 4.78 is 0. The van der Waals surface area contributed by atoms with Crippen LogP contribution in [0.15, 0.2) is 42.5 Å². The van der Waals surface area contributed by atoms with Crippen molar-refractivity contribution in [3.05, 3.63) is 53.6 Å². The van der Waals surface area contributed by atoms with Gasteiger partial charge in [0.05, 0.1) is 5.56 Å². The third-order valence-electron chi connectivity index (χ3n) is 16.6. The number of piperidine rings is 1. The lowest BCUT2D eigenvalue weighted by Gasteiger charge is -2.73. The Balaban J connectivity index is 1.23. The Morgan fingerprint density at radius 3 is 2.30 bits per heavy atom. The highest BCUT2D eigenvalue weighted by Crippen LogP contribution is 2.77. The molecule has 5 aliphatic carbocycles. The number of carboxylic acids is 1. The topological polar surface area (TPSA) is 52.6 Å². The molecule has 10 atom stereocenters. The fourth-order valence-corrected chi connectivity index (χ4v) is 14.1. The monoisotopic (exact) mass is 626 g/mol. The molecule has 4 heteroatoms. The van der Waals surface area contributed by atoms with E-state index in [1.165, 1.54) is 87.5 Å².